The molecular weight excluding hydrogens is 408 g/mol. The summed E-state index contributed by atoms with van der Waals surface area (Å²) in [7, 11) is 1.33. The molecule has 0 aliphatic carbocycles. The van der Waals surface area contributed by atoms with Gasteiger partial charge in [0.2, 0.25) is 5.91 Å². The summed E-state index contributed by atoms with van der Waals surface area (Å²) >= 11 is 5.95. The SMILES string of the molecule is COC(=O)C1Cc2c([nH]c3ccccc23)C(c2ccc3c(c2)OOC3)N1C(=O)CCl. The van der Waals surface area contributed by atoms with Crippen molar-refractivity contribution in [1.29, 1.82) is 0 Å². The van der Waals surface area contributed by atoms with Crippen LogP contribution in [0.3, 0.4) is 0 Å². The molecule has 2 aliphatic rings. The number of aromatic nitrogens is 1. The number of H-pyrrole nitrogens is 1. The van der Waals surface area contributed by atoms with Gasteiger partial charge in [0, 0.05) is 28.6 Å². The Morgan fingerprint density at radius 2 is 2.10 bits per heavy atom. The van der Waals surface area contributed by atoms with Crippen molar-refractivity contribution in [2.45, 2.75) is 25.1 Å². The third-order valence-electron chi connectivity index (χ3n) is 5.78. The lowest BCUT2D eigenvalue weighted by molar-refractivity contribution is -0.194. The van der Waals surface area contributed by atoms with Crippen LogP contribution in [0.1, 0.15) is 28.4 Å². The summed E-state index contributed by atoms with van der Waals surface area (Å²) in [5, 5.41) is 1.02. The molecule has 5 rings (SSSR count). The molecule has 3 aromatic rings. The zero-order chi connectivity index (χ0) is 20.8. The number of ether oxygens (including phenoxy) is 1. The largest absolute Gasteiger partial charge is 0.467 e. The Morgan fingerprint density at radius 1 is 1.27 bits per heavy atom. The van der Waals surface area contributed by atoms with Crippen LogP contribution < -0.4 is 4.89 Å². The molecule has 2 aromatic carbocycles. The second-order valence-electron chi connectivity index (χ2n) is 7.36. The van der Waals surface area contributed by atoms with Gasteiger partial charge >= 0.3 is 5.97 Å². The van der Waals surface area contributed by atoms with Crippen molar-refractivity contribution < 1.29 is 24.1 Å². The van der Waals surface area contributed by atoms with Crippen LogP contribution in [0.2, 0.25) is 0 Å². The van der Waals surface area contributed by atoms with E-state index >= 15 is 0 Å². The highest BCUT2D eigenvalue weighted by Crippen LogP contribution is 2.43. The monoisotopic (exact) mass is 426 g/mol. The number of rotatable bonds is 3. The molecule has 1 N–H and O–H groups in total. The fourth-order valence-electron chi connectivity index (χ4n) is 4.43. The Labute approximate surface area is 177 Å². The summed E-state index contributed by atoms with van der Waals surface area (Å²) in [6.07, 6.45) is 0.343. The van der Waals surface area contributed by atoms with Gasteiger partial charge in [0.15, 0.2) is 5.75 Å². The van der Waals surface area contributed by atoms with Crippen LogP contribution in [0.25, 0.3) is 10.9 Å². The van der Waals surface area contributed by atoms with Gasteiger partial charge in [-0.25, -0.2) is 4.79 Å². The van der Waals surface area contributed by atoms with Crippen molar-refractivity contribution in [3.8, 4) is 5.75 Å². The van der Waals surface area contributed by atoms with Crippen molar-refractivity contribution in [2.75, 3.05) is 13.0 Å². The summed E-state index contributed by atoms with van der Waals surface area (Å²) in [5.41, 5.74) is 4.50. The first kappa shape index (κ1) is 19.0. The van der Waals surface area contributed by atoms with E-state index in [9.17, 15) is 9.59 Å². The minimum absolute atomic E-state index is 0.246. The number of esters is 1. The smallest absolute Gasteiger partial charge is 0.328 e. The van der Waals surface area contributed by atoms with Gasteiger partial charge in [-0.3, -0.25) is 4.79 Å². The summed E-state index contributed by atoms with van der Waals surface area (Å²) in [4.78, 5) is 41.0. The number of amides is 1. The van der Waals surface area contributed by atoms with E-state index in [1.807, 2.05) is 42.5 Å². The van der Waals surface area contributed by atoms with Gasteiger partial charge in [-0.05, 0) is 23.3 Å². The van der Waals surface area contributed by atoms with Gasteiger partial charge in [-0.2, -0.15) is 4.89 Å². The lowest BCUT2D eigenvalue weighted by Crippen LogP contribution is -2.52. The fourth-order valence-corrected chi connectivity index (χ4v) is 4.56. The van der Waals surface area contributed by atoms with E-state index in [1.165, 1.54) is 12.0 Å². The minimum atomic E-state index is -0.789. The number of aromatic amines is 1. The molecule has 154 valence electrons. The fraction of sp³-hybridized carbons (Fsp3) is 0.273. The maximum Gasteiger partial charge on any atom is 0.328 e. The number of fused-ring (bicyclic) bond motifs is 4. The molecule has 7 nitrogen and oxygen atoms in total. The van der Waals surface area contributed by atoms with E-state index in [-0.39, 0.29) is 11.8 Å². The molecule has 1 aromatic heterocycles. The van der Waals surface area contributed by atoms with Crippen molar-refractivity contribution >= 4 is 34.4 Å². The number of benzene rings is 2. The van der Waals surface area contributed by atoms with Crippen molar-refractivity contribution in [3.05, 3.63) is 64.8 Å². The lowest BCUT2D eigenvalue weighted by atomic mass is 9.87. The second-order valence-corrected chi connectivity index (χ2v) is 7.62. The number of carbonyl (C=O) groups is 2. The normalized spacial score (nSPS) is 19.9. The quantitative estimate of drug-likeness (QED) is 0.395. The van der Waals surface area contributed by atoms with Crippen LogP contribution in [0.4, 0.5) is 0 Å². The first-order valence-electron chi connectivity index (χ1n) is 9.59. The Kier molecular flexibility index (Phi) is 4.64. The Morgan fingerprint density at radius 3 is 2.90 bits per heavy atom. The van der Waals surface area contributed by atoms with E-state index in [4.69, 9.17) is 26.1 Å². The van der Waals surface area contributed by atoms with E-state index in [0.29, 0.717) is 18.8 Å². The Hall–Kier alpha value is -3.03. The number of hydrogen-bond donors (Lipinski definition) is 1. The number of para-hydroxylation sites is 1. The van der Waals surface area contributed by atoms with Crippen LogP contribution in [0, 0.1) is 0 Å². The van der Waals surface area contributed by atoms with Gasteiger partial charge in [0.1, 0.15) is 18.5 Å². The highest BCUT2D eigenvalue weighted by Gasteiger charge is 2.44. The van der Waals surface area contributed by atoms with E-state index in [0.717, 1.165) is 33.3 Å². The minimum Gasteiger partial charge on any atom is -0.467 e. The van der Waals surface area contributed by atoms with Crippen molar-refractivity contribution in [1.82, 2.24) is 9.88 Å². The zero-order valence-corrected chi connectivity index (χ0v) is 16.9. The van der Waals surface area contributed by atoms with E-state index in [2.05, 4.69) is 4.98 Å². The van der Waals surface area contributed by atoms with Gasteiger partial charge < -0.3 is 19.5 Å². The number of carbonyl (C=O) groups excluding carboxylic acids is 2. The number of halogens is 1. The van der Waals surface area contributed by atoms with Gasteiger partial charge in [-0.15, -0.1) is 11.6 Å². The molecule has 8 heteroatoms. The predicted octanol–water partition coefficient (Wildman–Crippen LogP) is 3.25. The van der Waals surface area contributed by atoms with Gasteiger partial charge in [0.25, 0.3) is 0 Å². The Bertz CT molecular complexity index is 1160. The highest BCUT2D eigenvalue weighted by atomic mass is 35.5. The molecule has 3 heterocycles. The van der Waals surface area contributed by atoms with Crippen molar-refractivity contribution in [2.24, 2.45) is 0 Å². The summed E-state index contributed by atoms with van der Waals surface area (Å²) in [5.74, 6) is -0.470. The first-order chi connectivity index (χ1) is 14.6. The maximum absolute atomic E-state index is 13.0. The molecule has 2 atom stereocenters. The molecule has 2 aliphatic heterocycles. The summed E-state index contributed by atoms with van der Waals surface area (Å²) < 4.78 is 5.05. The molecule has 0 bridgehead atoms. The number of hydrogen-bond acceptors (Lipinski definition) is 5. The average molecular weight is 427 g/mol. The molecule has 0 fully saturated rings. The molecule has 0 spiro atoms. The summed E-state index contributed by atoms with van der Waals surface area (Å²) in [6.45, 7) is 0.368. The highest BCUT2D eigenvalue weighted by molar-refractivity contribution is 6.27. The molecule has 30 heavy (non-hydrogen) atoms. The average Bonchev–Trinajstić information content (AvgIpc) is 3.40. The second kappa shape index (κ2) is 7.34. The van der Waals surface area contributed by atoms with Gasteiger partial charge in [-0.1, -0.05) is 30.3 Å². The molecule has 1 amide bonds. The molecule has 0 saturated heterocycles. The topological polar surface area (TPSA) is 80.9 Å². The third-order valence-corrected chi connectivity index (χ3v) is 6.01. The molecular formula is C22H19ClN2O5. The molecule has 2 unspecified atom stereocenters. The van der Waals surface area contributed by atoms with E-state index in [1.54, 1.807) is 0 Å². The lowest BCUT2D eigenvalue weighted by Gasteiger charge is -2.40. The predicted molar refractivity (Wildman–Crippen MR) is 109 cm³/mol. The van der Waals surface area contributed by atoms with Crippen molar-refractivity contribution in [3.63, 3.8) is 0 Å². The van der Waals surface area contributed by atoms with Gasteiger partial charge in [0.05, 0.1) is 13.2 Å². The van der Waals surface area contributed by atoms with Crippen LogP contribution in [-0.2, 0) is 32.2 Å². The standard InChI is InChI=1S/C22H19ClN2O5/c1-28-22(27)17-9-15-14-4-2-3-5-16(14)24-20(15)21(25(17)19(26)10-23)12-6-7-13-11-29-30-18(13)8-12/h2-8,17,21,24H,9-11H2,1H3. The number of nitrogens with one attached hydrogen (secondary N) is 1. The number of methoxy groups -OCH3 is 1. The number of nitrogens with zero attached hydrogens (tertiary/aromatic N) is 1. The first-order valence-corrected chi connectivity index (χ1v) is 10.1. The van der Waals surface area contributed by atoms with Crippen LogP contribution in [-0.4, -0.2) is 40.8 Å². The summed E-state index contributed by atoms with van der Waals surface area (Å²) in [6, 6.07) is 12.2. The van der Waals surface area contributed by atoms with Crippen LogP contribution in [0.5, 0.6) is 5.75 Å². The third kappa shape index (κ3) is 2.85. The Balaban J connectivity index is 1.75. The van der Waals surface area contributed by atoms with E-state index < -0.39 is 18.1 Å². The molecule has 0 radical (unpaired) electrons. The number of alkyl halides is 1. The maximum atomic E-state index is 13.0. The molecule has 0 saturated carbocycles. The van der Waals surface area contributed by atoms with Crippen LogP contribution >= 0.6 is 11.6 Å². The zero-order valence-electron chi connectivity index (χ0n) is 16.2. The van der Waals surface area contributed by atoms with Crippen LogP contribution in [0.15, 0.2) is 42.5 Å².